The van der Waals surface area contributed by atoms with Crippen LogP contribution in [0, 0.1) is 3.57 Å². The maximum atomic E-state index is 11.0. The van der Waals surface area contributed by atoms with E-state index in [4.69, 9.17) is 4.74 Å². The number of carbonyl (C=O) groups excluding carboxylic acids is 1. The predicted molar refractivity (Wildman–Crippen MR) is 58.1 cm³/mol. The highest BCUT2D eigenvalue weighted by Crippen LogP contribution is 2.18. The molecule has 0 fully saturated rings. The summed E-state index contributed by atoms with van der Waals surface area (Å²) in [5, 5.41) is 0. The first-order valence-corrected chi connectivity index (χ1v) is 5.02. The molecule has 0 bridgehead atoms. The highest BCUT2D eigenvalue weighted by atomic mass is 127. The molecule has 0 aliphatic heterocycles. The molecule has 0 spiro atoms. The smallest absolute Gasteiger partial charge is 0.227 e. The summed E-state index contributed by atoms with van der Waals surface area (Å²) in [5.74, 6) is 0.613. The molecule has 4 heteroatoms. The number of nitrogens with zero attached hydrogens (tertiary/aromatic N) is 1. The van der Waals surface area contributed by atoms with Crippen LogP contribution >= 0.6 is 22.6 Å². The Labute approximate surface area is 90.6 Å². The third-order valence-corrected chi connectivity index (χ3v) is 2.27. The van der Waals surface area contributed by atoms with Crippen molar-refractivity contribution in [1.82, 2.24) is 4.98 Å². The van der Waals surface area contributed by atoms with Gasteiger partial charge in [-0.15, -0.1) is 0 Å². The summed E-state index contributed by atoms with van der Waals surface area (Å²) in [5.41, 5.74) is 0.618. The number of aromatic nitrogens is 1. The van der Waals surface area contributed by atoms with Crippen molar-refractivity contribution in [3.8, 4) is 5.88 Å². The van der Waals surface area contributed by atoms with E-state index in [-0.39, 0.29) is 5.78 Å². The van der Waals surface area contributed by atoms with Crippen LogP contribution in [0.4, 0.5) is 0 Å². The molecule has 0 radical (unpaired) electrons. The van der Waals surface area contributed by atoms with Crippen molar-refractivity contribution >= 4 is 28.4 Å². The van der Waals surface area contributed by atoms with Crippen LogP contribution in [0.1, 0.15) is 24.2 Å². The Morgan fingerprint density at radius 1 is 1.69 bits per heavy atom. The Bertz CT molecular complexity index is 325. The molecule has 0 saturated heterocycles. The van der Waals surface area contributed by atoms with E-state index in [1.165, 1.54) is 13.1 Å². The molecule has 0 N–H and O–H groups in total. The Kier molecular flexibility index (Phi) is 3.65. The molecule has 0 saturated carbocycles. The predicted octanol–water partition coefficient (Wildman–Crippen LogP) is 2.29. The van der Waals surface area contributed by atoms with Crippen molar-refractivity contribution in [2.45, 2.75) is 13.8 Å². The van der Waals surface area contributed by atoms with E-state index in [9.17, 15) is 4.79 Å². The first kappa shape index (κ1) is 10.4. The lowest BCUT2D eigenvalue weighted by Gasteiger charge is -2.04. The maximum Gasteiger partial charge on any atom is 0.227 e. The summed E-state index contributed by atoms with van der Waals surface area (Å²) < 4.78 is 6.11. The van der Waals surface area contributed by atoms with Gasteiger partial charge >= 0.3 is 0 Å². The Hall–Kier alpha value is -0.650. The third kappa shape index (κ3) is 2.65. The number of halogens is 1. The average molecular weight is 291 g/mol. The molecule has 70 valence electrons. The summed E-state index contributed by atoms with van der Waals surface area (Å²) in [7, 11) is 0. The van der Waals surface area contributed by atoms with Gasteiger partial charge in [0.05, 0.1) is 10.2 Å². The molecule has 13 heavy (non-hydrogen) atoms. The SMILES string of the molecule is CCOc1ncc(C(C)=O)cc1I. The average Bonchev–Trinajstić information content (AvgIpc) is 2.08. The zero-order valence-corrected chi connectivity index (χ0v) is 9.66. The topological polar surface area (TPSA) is 39.2 Å². The van der Waals surface area contributed by atoms with Crippen molar-refractivity contribution in [1.29, 1.82) is 0 Å². The van der Waals surface area contributed by atoms with Gasteiger partial charge in [-0.05, 0) is 42.5 Å². The molecule has 1 aromatic rings. The zero-order valence-electron chi connectivity index (χ0n) is 7.50. The van der Waals surface area contributed by atoms with Gasteiger partial charge in [-0.25, -0.2) is 4.98 Å². The van der Waals surface area contributed by atoms with Gasteiger partial charge in [0.25, 0.3) is 0 Å². The number of Topliss-reactive ketones (excluding diaryl/α,β-unsaturated/α-hetero) is 1. The maximum absolute atomic E-state index is 11.0. The minimum Gasteiger partial charge on any atom is -0.477 e. The Morgan fingerprint density at radius 2 is 2.38 bits per heavy atom. The molecule has 1 aromatic heterocycles. The van der Waals surface area contributed by atoms with Crippen LogP contribution in [0.15, 0.2) is 12.3 Å². The first-order valence-electron chi connectivity index (χ1n) is 3.94. The van der Waals surface area contributed by atoms with E-state index in [0.717, 1.165) is 3.57 Å². The molecule has 1 rings (SSSR count). The van der Waals surface area contributed by atoms with Gasteiger partial charge in [-0.1, -0.05) is 0 Å². The highest BCUT2D eigenvalue weighted by molar-refractivity contribution is 14.1. The van der Waals surface area contributed by atoms with Crippen LogP contribution in [0.5, 0.6) is 5.88 Å². The van der Waals surface area contributed by atoms with Crippen molar-refractivity contribution in [3.05, 3.63) is 21.4 Å². The number of ketones is 1. The fourth-order valence-corrected chi connectivity index (χ4v) is 1.49. The highest BCUT2D eigenvalue weighted by Gasteiger charge is 2.05. The Morgan fingerprint density at radius 3 is 2.85 bits per heavy atom. The van der Waals surface area contributed by atoms with Gasteiger partial charge in [0.1, 0.15) is 0 Å². The number of hydrogen-bond acceptors (Lipinski definition) is 3. The Balaban J connectivity index is 2.98. The van der Waals surface area contributed by atoms with Gasteiger partial charge in [0.2, 0.25) is 5.88 Å². The first-order chi connectivity index (χ1) is 6.15. The number of carbonyl (C=O) groups is 1. The second-order valence-corrected chi connectivity index (χ2v) is 3.66. The monoisotopic (exact) mass is 291 g/mol. The summed E-state index contributed by atoms with van der Waals surface area (Å²) in [4.78, 5) is 15.0. The zero-order chi connectivity index (χ0) is 9.84. The molecule has 0 aliphatic rings. The van der Waals surface area contributed by atoms with Gasteiger partial charge in [0.15, 0.2) is 5.78 Å². The largest absolute Gasteiger partial charge is 0.477 e. The van der Waals surface area contributed by atoms with E-state index in [1.807, 2.05) is 6.92 Å². The van der Waals surface area contributed by atoms with Crippen molar-refractivity contribution in [2.24, 2.45) is 0 Å². The van der Waals surface area contributed by atoms with Crippen molar-refractivity contribution in [2.75, 3.05) is 6.61 Å². The van der Waals surface area contributed by atoms with Gasteiger partial charge < -0.3 is 4.74 Å². The lowest BCUT2D eigenvalue weighted by Crippen LogP contribution is -2.00. The molecule has 0 unspecified atom stereocenters. The lowest BCUT2D eigenvalue weighted by molar-refractivity contribution is 0.101. The van der Waals surface area contributed by atoms with Crippen LogP contribution in [-0.2, 0) is 0 Å². The van der Waals surface area contributed by atoms with E-state index in [0.29, 0.717) is 18.1 Å². The number of rotatable bonds is 3. The summed E-state index contributed by atoms with van der Waals surface area (Å²) in [6, 6.07) is 1.78. The van der Waals surface area contributed by atoms with Crippen molar-refractivity contribution in [3.63, 3.8) is 0 Å². The number of hydrogen-bond donors (Lipinski definition) is 0. The van der Waals surface area contributed by atoms with Gasteiger partial charge in [-0.2, -0.15) is 0 Å². The minimum atomic E-state index is 0.0217. The van der Waals surface area contributed by atoms with E-state index in [1.54, 1.807) is 6.07 Å². The molecule has 3 nitrogen and oxygen atoms in total. The van der Waals surface area contributed by atoms with E-state index < -0.39 is 0 Å². The lowest BCUT2D eigenvalue weighted by atomic mass is 10.2. The quantitative estimate of drug-likeness (QED) is 0.633. The summed E-state index contributed by atoms with van der Waals surface area (Å²) in [6.07, 6.45) is 1.54. The number of ether oxygens (including phenoxy) is 1. The second-order valence-electron chi connectivity index (χ2n) is 2.50. The molecule has 1 heterocycles. The fraction of sp³-hybridized carbons (Fsp3) is 0.333. The second kappa shape index (κ2) is 4.55. The molecule has 0 amide bonds. The van der Waals surface area contributed by atoms with Gasteiger partial charge in [-0.3, -0.25) is 4.79 Å². The standard InChI is InChI=1S/C9H10INO2/c1-3-13-9-8(10)4-7(5-11-9)6(2)12/h4-5H,3H2,1-2H3. The van der Waals surface area contributed by atoms with Crippen LogP contribution in [0.2, 0.25) is 0 Å². The summed E-state index contributed by atoms with van der Waals surface area (Å²) >= 11 is 2.10. The van der Waals surface area contributed by atoms with Gasteiger partial charge in [0, 0.05) is 11.8 Å². The van der Waals surface area contributed by atoms with Crippen LogP contribution in [0.25, 0.3) is 0 Å². The normalized spacial score (nSPS) is 9.77. The van der Waals surface area contributed by atoms with E-state index in [2.05, 4.69) is 27.6 Å². The molecular weight excluding hydrogens is 281 g/mol. The molecular formula is C9H10INO2. The third-order valence-electron chi connectivity index (χ3n) is 1.50. The van der Waals surface area contributed by atoms with Crippen molar-refractivity contribution < 1.29 is 9.53 Å². The summed E-state index contributed by atoms with van der Waals surface area (Å²) in [6.45, 7) is 4.01. The van der Waals surface area contributed by atoms with E-state index >= 15 is 0 Å². The van der Waals surface area contributed by atoms with Crippen LogP contribution in [0.3, 0.4) is 0 Å². The molecule has 0 aliphatic carbocycles. The number of pyridine rings is 1. The van der Waals surface area contributed by atoms with Crippen LogP contribution in [-0.4, -0.2) is 17.4 Å². The molecule has 0 atom stereocenters. The molecule has 0 aromatic carbocycles. The van der Waals surface area contributed by atoms with Crippen LogP contribution < -0.4 is 4.74 Å². The fourth-order valence-electron chi connectivity index (χ4n) is 0.861. The minimum absolute atomic E-state index is 0.0217.